The van der Waals surface area contributed by atoms with Crippen LogP contribution >= 0.6 is 0 Å². The molecule has 1 fully saturated rings. The quantitative estimate of drug-likeness (QED) is 0.681. The second-order valence-corrected chi connectivity index (χ2v) is 4.08. The average Bonchev–Trinajstić information content (AvgIpc) is 2.46. The highest BCUT2D eigenvalue weighted by Gasteiger charge is 2.26. The summed E-state index contributed by atoms with van der Waals surface area (Å²) in [5.41, 5.74) is 0. The van der Waals surface area contributed by atoms with Gasteiger partial charge in [0.15, 0.2) is 0 Å². The largest absolute Gasteiger partial charge is 0.462 e. The molecule has 4 heteroatoms. The smallest absolute Gasteiger partial charge is 0.309 e. The lowest BCUT2D eigenvalue weighted by atomic mass is 9.97. The van der Waals surface area contributed by atoms with Crippen molar-refractivity contribution in [3.05, 3.63) is 0 Å². The van der Waals surface area contributed by atoms with E-state index in [2.05, 4.69) is 12.1 Å². The zero-order valence-electron chi connectivity index (χ0n) is 9.32. The first-order valence-corrected chi connectivity index (χ1v) is 5.72. The Morgan fingerprint density at radius 1 is 1.19 bits per heavy atom. The molecule has 1 aliphatic rings. The van der Waals surface area contributed by atoms with Crippen LogP contribution in [0.15, 0.2) is 0 Å². The summed E-state index contributed by atoms with van der Waals surface area (Å²) in [4.78, 5) is 11.7. The second kappa shape index (κ2) is 6.85. The van der Waals surface area contributed by atoms with Crippen molar-refractivity contribution in [2.45, 2.75) is 51.0 Å². The Balaban J connectivity index is 2.43. The Bertz CT molecular complexity index is 314. The van der Waals surface area contributed by atoms with Crippen molar-refractivity contribution in [2.24, 2.45) is 5.92 Å². The molecule has 0 spiro atoms. The van der Waals surface area contributed by atoms with Crippen LogP contribution in [0.5, 0.6) is 0 Å². The normalized spacial score (nSPS) is 25.0. The average molecular weight is 220 g/mol. The van der Waals surface area contributed by atoms with Crippen LogP contribution in [-0.4, -0.2) is 12.1 Å². The predicted molar refractivity (Wildman–Crippen MR) is 56.9 cm³/mol. The number of cyclic esters (lactones) is 1. The van der Waals surface area contributed by atoms with E-state index in [9.17, 15) is 4.79 Å². The minimum Gasteiger partial charge on any atom is -0.462 e. The van der Waals surface area contributed by atoms with Gasteiger partial charge in [-0.15, -0.1) is 0 Å². The number of nitrogens with zero attached hydrogens (tertiary/aromatic N) is 2. The lowest BCUT2D eigenvalue weighted by Crippen LogP contribution is -2.20. The lowest BCUT2D eigenvalue weighted by Gasteiger charge is -2.14. The molecule has 1 heterocycles. The summed E-state index contributed by atoms with van der Waals surface area (Å²) in [5.74, 6) is -0.303. The summed E-state index contributed by atoms with van der Waals surface area (Å²) in [7, 11) is 0. The minimum absolute atomic E-state index is 0.0979. The van der Waals surface area contributed by atoms with Crippen LogP contribution in [0.4, 0.5) is 0 Å². The van der Waals surface area contributed by atoms with Crippen molar-refractivity contribution in [1.82, 2.24) is 0 Å². The zero-order chi connectivity index (χ0) is 11.8. The van der Waals surface area contributed by atoms with Crippen LogP contribution in [0.2, 0.25) is 0 Å². The molecule has 1 rings (SSSR count). The summed E-state index contributed by atoms with van der Waals surface area (Å²) in [6, 6.07) is 4.11. The van der Waals surface area contributed by atoms with E-state index in [-0.39, 0.29) is 18.0 Å². The van der Waals surface area contributed by atoms with Gasteiger partial charge in [0.1, 0.15) is 6.10 Å². The molecule has 0 bridgehead atoms. The van der Waals surface area contributed by atoms with Gasteiger partial charge in [0.2, 0.25) is 0 Å². The Morgan fingerprint density at radius 2 is 1.88 bits per heavy atom. The van der Waals surface area contributed by atoms with Gasteiger partial charge in [-0.05, 0) is 32.1 Å². The number of hydrogen-bond donors (Lipinski definition) is 0. The van der Waals surface area contributed by atoms with Crippen molar-refractivity contribution < 1.29 is 9.53 Å². The standard InChI is InChI=1S/C12H16N2O2/c13-8-2-5-10-4-1-6-11(7-3-9-14)16-12(10)15/h10-11H,1-7H2. The van der Waals surface area contributed by atoms with Gasteiger partial charge in [-0.2, -0.15) is 10.5 Å². The summed E-state index contributed by atoms with van der Waals surface area (Å²) in [6.07, 6.45) is 4.56. The number of hydrogen-bond acceptors (Lipinski definition) is 4. The number of nitriles is 2. The fourth-order valence-electron chi connectivity index (χ4n) is 1.96. The second-order valence-electron chi connectivity index (χ2n) is 4.08. The topological polar surface area (TPSA) is 73.9 Å². The molecule has 1 aliphatic heterocycles. The Kier molecular flexibility index (Phi) is 5.36. The third-order valence-corrected chi connectivity index (χ3v) is 2.88. The van der Waals surface area contributed by atoms with E-state index < -0.39 is 0 Å². The van der Waals surface area contributed by atoms with E-state index in [1.165, 1.54) is 0 Å². The third-order valence-electron chi connectivity index (χ3n) is 2.88. The first-order valence-electron chi connectivity index (χ1n) is 5.72. The van der Waals surface area contributed by atoms with Gasteiger partial charge in [0.25, 0.3) is 0 Å². The molecule has 0 N–H and O–H groups in total. The van der Waals surface area contributed by atoms with Crippen molar-refractivity contribution in [1.29, 1.82) is 10.5 Å². The molecule has 2 atom stereocenters. The van der Waals surface area contributed by atoms with Gasteiger partial charge in [-0.3, -0.25) is 4.79 Å². The van der Waals surface area contributed by atoms with Crippen LogP contribution < -0.4 is 0 Å². The number of ether oxygens (including phenoxy) is 1. The van der Waals surface area contributed by atoms with Gasteiger partial charge in [-0.25, -0.2) is 0 Å². The fraction of sp³-hybridized carbons (Fsp3) is 0.750. The third kappa shape index (κ3) is 3.90. The van der Waals surface area contributed by atoms with E-state index in [1.54, 1.807) is 0 Å². The van der Waals surface area contributed by atoms with Gasteiger partial charge in [0.05, 0.1) is 18.1 Å². The highest BCUT2D eigenvalue weighted by molar-refractivity contribution is 5.72. The van der Waals surface area contributed by atoms with Gasteiger partial charge >= 0.3 is 5.97 Å². The molecule has 0 radical (unpaired) electrons. The van der Waals surface area contributed by atoms with E-state index in [4.69, 9.17) is 15.3 Å². The Labute approximate surface area is 95.8 Å². The number of rotatable bonds is 4. The van der Waals surface area contributed by atoms with Crippen LogP contribution in [0, 0.1) is 28.6 Å². The molecule has 86 valence electrons. The SMILES string of the molecule is N#CCCC1CCCC(CCC#N)C(=O)O1. The van der Waals surface area contributed by atoms with Gasteiger partial charge in [0, 0.05) is 12.8 Å². The van der Waals surface area contributed by atoms with Crippen molar-refractivity contribution in [3.8, 4) is 12.1 Å². The monoisotopic (exact) mass is 220 g/mol. The zero-order valence-corrected chi connectivity index (χ0v) is 9.32. The molecule has 0 aliphatic carbocycles. The van der Waals surface area contributed by atoms with Crippen molar-refractivity contribution in [3.63, 3.8) is 0 Å². The molecular weight excluding hydrogens is 204 g/mol. The van der Waals surface area contributed by atoms with Crippen LogP contribution in [0.25, 0.3) is 0 Å². The number of carbonyl (C=O) groups is 1. The highest BCUT2D eigenvalue weighted by atomic mass is 16.5. The minimum atomic E-state index is -0.185. The number of esters is 1. The fourth-order valence-corrected chi connectivity index (χ4v) is 1.96. The summed E-state index contributed by atoms with van der Waals surface area (Å²) >= 11 is 0. The number of carbonyl (C=O) groups excluding carboxylic acids is 1. The Morgan fingerprint density at radius 3 is 2.56 bits per heavy atom. The molecule has 0 aromatic heterocycles. The van der Waals surface area contributed by atoms with E-state index in [0.717, 1.165) is 19.3 Å². The van der Waals surface area contributed by atoms with Crippen LogP contribution in [0.1, 0.15) is 44.9 Å². The maximum Gasteiger partial charge on any atom is 0.309 e. The summed E-state index contributed by atoms with van der Waals surface area (Å²) in [6.45, 7) is 0. The van der Waals surface area contributed by atoms with Gasteiger partial charge < -0.3 is 4.74 Å². The molecule has 16 heavy (non-hydrogen) atoms. The molecule has 0 aromatic carbocycles. The van der Waals surface area contributed by atoms with Gasteiger partial charge in [-0.1, -0.05) is 0 Å². The molecule has 0 amide bonds. The Hall–Kier alpha value is -1.55. The van der Waals surface area contributed by atoms with E-state index in [1.807, 2.05) is 0 Å². The molecule has 1 saturated heterocycles. The van der Waals surface area contributed by atoms with Crippen LogP contribution in [-0.2, 0) is 9.53 Å². The van der Waals surface area contributed by atoms with E-state index in [0.29, 0.717) is 25.7 Å². The first-order chi connectivity index (χ1) is 7.77. The maximum atomic E-state index is 11.7. The van der Waals surface area contributed by atoms with Crippen molar-refractivity contribution in [2.75, 3.05) is 0 Å². The summed E-state index contributed by atoms with van der Waals surface area (Å²) in [5, 5.41) is 17.0. The highest BCUT2D eigenvalue weighted by Crippen LogP contribution is 2.24. The predicted octanol–water partition coefficient (Wildman–Crippen LogP) is 2.31. The molecule has 0 saturated carbocycles. The van der Waals surface area contributed by atoms with Crippen molar-refractivity contribution >= 4 is 5.97 Å². The molecule has 0 aromatic rings. The lowest BCUT2D eigenvalue weighted by molar-refractivity contribution is -0.153. The first kappa shape index (κ1) is 12.5. The summed E-state index contributed by atoms with van der Waals surface area (Å²) < 4.78 is 5.32. The molecular formula is C12H16N2O2. The van der Waals surface area contributed by atoms with Crippen LogP contribution in [0.3, 0.4) is 0 Å². The van der Waals surface area contributed by atoms with E-state index >= 15 is 0 Å². The maximum absolute atomic E-state index is 11.7. The molecule has 4 nitrogen and oxygen atoms in total. The molecule has 2 unspecified atom stereocenters.